The Morgan fingerprint density at radius 3 is 2.83 bits per heavy atom. The summed E-state index contributed by atoms with van der Waals surface area (Å²) in [4.78, 5) is 15.0. The third kappa shape index (κ3) is 4.19. The van der Waals surface area contributed by atoms with Gasteiger partial charge in [-0.1, -0.05) is 18.5 Å². The second-order valence-electron chi connectivity index (χ2n) is 3.90. The van der Waals surface area contributed by atoms with Gasteiger partial charge in [-0.05, 0) is 31.0 Å². The van der Waals surface area contributed by atoms with Crippen molar-refractivity contribution in [2.75, 3.05) is 32.9 Å². The Labute approximate surface area is 118 Å². The van der Waals surface area contributed by atoms with E-state index in [0.717, 1.165) is 17.2 Å². The van der Waals surface area contributed by atoms with Crippen molar-refractivity contribution >= 4 is 29.3 Å². The van der Waals surface area contributed by atoms with Gasteiger partial charge in [0, 0.05) is 30.1 Å². The highest BCUT2D eigenvalue weighted by Crippen LogP contribution is 2.26. The maximum atomic E-state index is 12.3. The van der Waals surface area contributed by atoms with Crippen LogP contribution < -0.4 is 5.32 Å². The first kappa shape index (κ1) is 15.3. The molecule has 100 valence electrons. The van der Waals surface area contributed by atoms with Crippen molar-refractivity contribution in [1.29, 1.82) is 0 Å². The zero-order chi connectivity index (χ0) is 13.5. The summed E-state index contributed by atoms with van der Waals surface area (Å²) in [6.07, 6.45) is 0. The normalized spacial score (nSPS) is 10.4. The fourth-order valence-corrected chi connectivity index (χ4v) is 2.49. The highest BCUT2D eigenvalue weighted by molar-refractivity contribution is 7.99. The van der Waals surface area contributed by atoms with E-state index in [2.05, 4.69) is 12.2 Å². The van der Waals surface area contributed by atoms with Crippen LogP contribution in [-0.2, 0) is 0 Å². The molecule has 0 saturated carbocycles. The minimum absolute atomic E-state index is 0.0173. The summed E-state index contributed by atoms with van der Waals surface area (Å²) in [7, 11) is 3.68. The van der Waals surface area contributed by atoms with Crippen LogP contribution in [0.25, 0.3) is 0 Å². The van der Waals surface area contributed by atoms with Crippen molar-refractivity contribution in [3.8, 4) is 0 Å². The van der Waals surface area contributed by atoms with Gasteiger partial charge >= 0.3 is 0 Å². The Hall–Kier alpha value is -0.710. The van der Waals surface area contributed by atoms with Crippen LogP contribution in [0.15, 0.2) is 23.1 Å². The number of carbonyl (C=O) groups is 1. The molecule has 0 atom stereocenters. The first-order chi connectivity index (χ1) is 8.60. The molecule has 1 aromatic carbocycles. The minimum atomic E-state index is 0.0173. The Kier molecular flexibility index (Phi) is 6.54. The van der Waals surface area contributed by atoms with E-state index in [1.807, 2.05) is 19.2 Å². The van der Waals surface area contributed by atoms with E-state index in [4.69, 9.17) is 11.6 Å². The number of benzene rings is 1. The smallest absolute Gasteiger partial charge is 0.254 e. The van der Waals surface area contributed by atoms with Gasteiger partial charge < -0.3 is 10.2 Å². The molecule has 0 unspecified atom stereocenters. The van der Waals surface area contributed by atoms with Crippen LogP contribution in [0.1, 0.15) is 17.3 Å². The molecule has 1 amide bonds. The molecule has 18 heavy (non-hydrogen) atoms. The summed E-state index contributed by atoms with van der Waals surface area (Å²) in [6.45, 7) is 3.52. The molecule has 0 aliphatic rings. The van der Waals surface area contributed by atoms with E-state index in [-0.39, 0.29) is 5.91 Å². The number of carbonyl (C=O) groups excluding carboxylic acids is 1. The Bertz CT molecular complexity index is 412. The van der Waals surface area contributed by atoms with E-state index >= 15 is 0 Å². The lowest BCUT2D eigenvalue weighted by atomic mass is 10.2. The van der Waals surface area contributed by atoms with Crippen LogP contribution >= 0.6 is 23.4 Å². The molecule has 0 heterocycles. The van der Waals surface area contributed by atoms with Crippen molar-refractivity contribution in [2.24, 2.45) is 0 Å². The van der Waals surface area contributed by atoms with Crippen molar-refractivity contribution in [3.05, 3.63) is 28.8 Å². The number of rotatable bonds is 6. The van der Waals surface area contributed by atoms with Crippen LogP contribution in [-0.4, -0.2) is 43.7 Å². The number of halogens is 1. The number of amides is 1. The molecule has 0 aliphatic heterocycles. The van der Waals surface area contributed by atoms with Gasteiger partial charge in [0.25, 0.3) is 5.91 Å². The number of likely N-dealkylation sites (N-methyl/N-ethyl adjacent to an activating group) is 2. The van der Waals surface area contributed by atoms with Gasteiger partial charge in [0.15, 0.2) is 0 Å². The van der Waals surface area contributed by atoms with E-state index in [9.17, 15) is 4.79 Å². The molecule has 3 nitrogen and oxygen atoms in total. The Balaban J connectivity index is 2.91. The summed E-state index contributed by atoms with van der Waals surface area (Å²) in [5.41, 5.74) is 0.688. The third-order valence-electron chi connectivity index (χ3n) is 2.52. The molecule has 0 spiro atoms. The standard InChI is InChI=1S/C13H19ClN2OS/c1-4-18-12-6-5-10(14)9-11(12)13(17)16(3)8-7-15-2/h5-6,9,15H,4,7-8H2,1-3H3. The maximum Gasteiger partial charge on any atom is 0.254 e. The number of nitrogens with one attached hydrogen (secondary N) is 1. The van der Waals surface area contributed by atoms with Crippen molar-refractivity contribution in [1.82, 2.24) is 10.2 Å². The molecule has 5 heteroatoms. The zero-order valence-corrected chi connectivity index (χ0v) is 12.6. The van der Waals surface area contributed by atoms with Gasteiger partial charge in [0.05, 0.1) is 5.56 Å². The van der Waals surface area contributed by atoms with E-state index in [1.165, 1.54) is 0 Å². The number of nitrogens with zero attached hydrogens (tertiary/aromatic N) is 1. The van der Waals surface area contributed by atoms with Crippen LogP contribution in [0, 0.1) is 0 Å². The molecule has 1 N–H and O–H groups in total. The van der Waals surface area contributed by atoms with E-state index in [0.29, 0.717) is 17.1 Å². The second kappa shape index (κ2) is 7.67. The molecule has 1 aromatic rings. The zero-order valence-electron chi connectivity index (χ0n) is 11.0. The largest absolute Gasteiger partial charge is 0.340 e. The van der Waals surface area contributed by atoms with Gasteiger partial charge in [-0.15, -0.1) is 11.8 Å². The monoisotopic (exact) mass is 286 g/mol. The fourth-order valence-electron chi connectivity index (χ4n) is 1.54. The molecular formula is C13H19ClN2OS. The lowest BCUT2D eigenvalue weighted by Crippen LogP contribution is -2.33. The average molecular weight is 287 g/mol. The molecule has 0 fully saturated rings. The lowest BCUT2D eigenvalue weighted by Gasteiger charge is -2.18. The minimum Gasteiger partial charge on any atom is -0.340 e. The maximum absolute atomic E-state index is 12.3. The van der Waals surface area contributed by atoms with Crippen molar-refractivity contribution in [3.63, 3.8) is 0 Å². The Morgan fingerprint density at radius 1 is 1.50 bits per heavy atom. The summed E-state index contributed by atoms with van der Waals surface area (Å²) in [5, 5.41) is 3.63. The second-order valence-corrected chi connectivity index (χ2v) is 5.65. The van der Waals surface area contributed by atoms with Crippen molar-refractivity contribution < 1.29 is 4.79 Å². The quantitative estimate of drug-likeness (QED) is 0.816. The van der Waals surface area contributed by atoms with Gasteiger partial charge in [-0.25, -0.2) is 0 Å². The van der Waals surface area contributed by atoms with Crippen LogP contribution in [0.4, 0.5) is 0 Å². The predicted octanol–water partition coefficient (Wildman–Crippen LogP) is 2.74. The lowest BCUT2D eigenvalue weighted by molar-refractivity contribution is 0.0793. The van der Waals surface area contributed by atoms with Crippen molar-refractivity contribution in [2.45, 2.75) is 11.8 Å². The third-order valence-corrected chi connectivity index (χ3v) is 3.71. The molecule has 0 aromatic heterocycles. The SMILES string of the molecule is CCSc1ccc(Cl)cc1C(=O)N(C)CCNC. The van der Waals surface area contributed by atoms with E-state index < -0.39 is 0 Å². The molecule has 0 bridgehead atoms. The molecule has 0 aliphatic carbocycles. The van der Waals surface area contributed by atoms with E-state index in [1.54, 1.807) is 29.8 Å². The molecular weight excluding hydrogens is 268 g/mol. The first-order valence-corrected chi connectivity index (χ1v) is 7.29. The molecule has 1 rings (SSSR count). The summed E-state index contributed by atoms with van der Waals surface area (Å²) in [6, 6.07) is 5.48. The first-order valence-electron chi connectivity index (χ1n) is 5.92. The number of thioether (sulfide) groups is 1. The predicted molar refractivity (Wildman–Crippen MR) is 78.7 cm³/mol. The van der Waals surface area contributed by atoms with Gasteiger partial charge in [0.1, 0.15) is 0 Å². The van der Waals surface area contributed by atoms with Crippen LogP contribution in [0.2, 0.25) is 5.02 Å². The number of hydrogen-bond donors (Lipinski definition) is 1. The summed E-state index contributed by atoms with van der Waals surface area (Å²) in [5.74, 6) is 0.950. The fraction of sp³-hybridized carbons (Fsp3) is 0.462. The molecule has 0 saturated heterocycles. The van der Waals surface area contributed by atoms with Crippen LogP contribution in [0.5, 0.6) is 0 Å². The highest BCUT2D eigenvalue weighted by Gasteiger charge is 2.16. The average Bonchev–Trinajstić information content (AvgIpc) is 2.37. The van der Waals surface area contributed by atoms with Gasteiger partial charge in [-0.3, -0.25) is 4.79 Å². The summed E-state index contributed by atoms with van der Waals surface area (Å²) >= 11 is 7.64. The Morgan fingerprint density at radius 2 is 2.22 bits per heavy atom. The molecule has 0 radical (unpaired) electrons. The number of hydrogen-bond acceptors (Lipinski definition) is 3. The topological polar surface area (TPSA) is 32.3 Å². The summed E-state index contributed by atoms with van der Waals surface area (Å²) < 4.78 is 0. The van der Waals surface area contributed by atoms with Crippen LogP contribution in [0.3, 0.4) is 0 Å². The van der Waals surface area contributed by atoms with Gasteiger partial charge in [-0.2, -0.15) is 0 Å². The highest BCUT2D eigenvalue weighted by atomic mass is 35.5. The van der Waals surface area contributed by atoms with Gasteiger partial charge in [0.2, 0.25) is 0 Å².